The van der Waals surface area contributed by atoms with Gasteiger partial charge < -0.3 is 20.4 Å². The highest BCUT2D eigenvalue weighted by Crippen LogP contribution is 2.38. The summed E-state index contributed by atoms with van der Waals surface area (Å²) < 4.78 is 29.9. The van der Waals surface area contributed by atoms with Gasteiger partial charge in [0.25, 0.3) is 5.91 Å². The Morgan fingerprint density at radius 2 is 1.97 bits per heavy atom. The molecule has 1 saturated heterocycles. The molecular weight excluding hydrogens is 442 g/mol. The van der Waals surface area contributed by atoms with Crippen molar-refractivity contribution in [2.75, 3.05) is 18.1 Å². The molecule has 1 aliphatic carbocycles. The SMILES string of the molecule is O=C(NC1CCC(O)(CO)CC1)c1cnn2ccc(N3CCCC3c3cc(F)ccc3F)cc12. The van der Waals surface area contributed by atoms with Crippen LogP contribution in [0.5, 0.6) is 0 Å². The average Bonchev–Trinajstić information content (AvgIpc) is 3.49. The second-order valence-electron chi connectivity index (χ2n) is 9.42. The lowest BCUT2D eigenvalue weighted by molar-refractivity contribution is -0.0468. The number of hydrogen-bond donors (Lipinski definition) is 3. The van der Waals surface area contributed by atoms with Crippen LogP contribution in [0.4, 0.5) is 14.5 Å². The van der Waals surface area contributed by atoms with E-state index in [1.165, 1.54) is 12.3 Å². The number of rotatable bonds is 5. The van der Waals surface area contributed by atoms with E-state index in [0.717, 1.165) is 24.2 Å². The molecule has 34 heavy (non-hydrogen) atoms. The van der Waals surface area contributed by atoms with Gasteiger partial charge in [0.05, 0.1) is 35.5 Å². The van der Waals surface area contributed by atoms with Crippen LogP contribution in [-0.2, 0) is 0 Å². The van der Waals surface area contributed by atoms with Crippen molar-refractivity contribution in [3.05, 3.63) is 65.5 Å². The largest absolute Gasteiger partial charge is 0.393 e. The first-order valence-corrected chi connectivity index (χ1v) is 11.7. The molecule has 2 aromatic heterocycles. The minimum absolute atomic E-state index is 0.0867. The van der Waals surface area contributed by atoms with Gasteiger partial charge in [-0.05, 0) is 68.9 Å². The predicted molar refractivity (Wildman–Crippen MR) is 123 cm³/mol. The normalized spacial score (nSPS) is 25.1. The van der Waals surface area contributed by atoms with Gasteiger partial charge in [-0.2, -0.15) is 5.10 Å². The molecule has 1 saturated carbocycles. The number of aromatic nitrogens is 2. The number of nitrogens with zero attached hydrogens (tertiary/aromatic N) is 3. The van der Waals surface area contributed by atoms with E-state index < -0.39 is 17.2 Å². The monoisotopic (exact) mass is 470 g/mol. The lowest BCUT2D eigenvalue weighted by Gasteiger charge is -2.34. The van der Waals surface area contributed by atoms with Gasteiger partial charge in [0.1, 0.15) is 11.6 Å². The van der Waals surface area contributed by atoms with Gasteiger partial charge in [-0.25, -0.2) is 13.3 Å². The fraction of sp³-hybridized carbons (Fsp3) is 0.440. The molecule has 1 aromatic carbocycles. The number of aliphatic hydroxyl groups excluding tert-OH is 1. The highest BCUT2D eigenvalue weighted by molar-refractivity contribution is 6.01. The zero-order valence-corrected chi connectivity index (χ0v) is 18.8. The summed E-state index contributed by atoms with van der Waals surface area (Å²) in [5.74, 6) is -1.14. The number of carbonyl (C=O) groups excluding carboxylic acids is 1. The van der Waals surface area contributed by atoms with Crippen molar-refractivity contribution < 1.29 is 23.8 Å². The van der Waals surface area contributed by atoms with Crippen LogP contribution in [0.2, 0.25) is 0 Å². The second kappa shape index (κ2) is 8.96. The molecule has 0 spiro atoms. The molecule has 9 heteroatoms. The van der Waals surface area contributed by atoms with Gasteiger partial charge in [0, 0.05) is 30.0 Å². The molecule has 1 unspecified atom stereocenters. The van der Waals surface area contributed by atoms with Crippen LogP contribution in [0.3, 0.4) is 0 Å². The Kier molecular flexibility index (Phi) is 5.99. The fourth-order valence-electron chi connectivity index (χ4n) is 5.21. The topological polar surface area (TPSA) is 90.1 Å². The van der Waals surface area contributed by atoms with Crippen LogP contribution in [0.1, 0.15) is 60.5 Å². The average molecular weight is 471 g/mol. The highest BCUT2D eigenvalue weighted by Gasteiger charge is 2.33. The minimum Gasteiger partial charge on any atom is -0.393 e. The number of carbonyl (C=O) groups is 1. The third-order valence-corrected chi connectivity index (χ3v) is 7.20. The maximum absolute atomic E-state index is 14.5. The van der Waals surface area contributed by atoms with Crippen LogP contribution in [0, 0.1) is 11.6 Å². The quantitative estimate of drug-likeness (QED) is 0.532. The molecule has 1 atom stereocenters. The molecular formula is C25H28F2N4O3. The number of fused-ring (bicyclic) bond motifs is 1. The maximum atomic E-state index is 14.5. The Morgan fingerprint density at radius 1 is 1.18 bits per heavy atom. The Labute approximate surface area is 196 Å². The third-order valence-electron chi connectivity index (χ3n) is 7.20. The molecule has 0 radical (unpaired) electrons. The van der Waals surface area contributed by atoms with Crippen LogP contribution in [-0.4, -0.2) is 50.5 Å². The number of amides is 1. The summed E-state index contributed by atoms with van der Waals surface area (Å²) >= 11 is 0. The van der Waals surface area contributed by atoms with E-state index in [9.17, 15) is 23.8 Å². The van der Waals surface area contributed by atoms with E-state index in [0.29, 0.717) is 55.3 Å². The molecule has 180 valence electrons. The molecule has 3 N–H and O–H groups in total. The Balaban J connectivity index is 1.38. The van der Waals surface area contributed by atoms with Crippen LogP contribution in [0.15, 0.2) is 42.7 Å². The number of hydrogen-bond acceptors (Lipinski definition) is 5. The van der Waals surface area contributed by atoms with E-state index in [-0.39, 0.29) is 24.6 Å². The van der Waals surface area contributed by atoms with Crippen molar-refractivity contribution in [1.29, 1.82) is 0 Å². The first kappa shape index (κ1) is 22.7. The zero-order valence-electron chi connectivity index (χ0n) is 18.8. The minimum atomic E-state index is -1.06. The number of halogens is 2. The summed E-state index contributed by atoms with van der Waals surface area (Å²) in [7, 11) is 0. The molecule has 3 aromatic rings. The summed E-state index contributed by atoms with van der Waals surface area (Å²) in [5, 5.41) is 26.9. The van der Waals surface area contributed by atoms with Gasteiger partial charge in [0.2, 0.25) is 0 Å². The summed E-state index contributed by atoms with van der Waals surface area (Å²) in [6, 6.07) is 6.91. The number of benzene rings is 1. The van der Waals surface area contributed by atoms with Crippen molar-refractivity contribution in [2.45, 2.75) is 56.2 Å². The van der Waals surface area contributed by atoms with Crippen LogP contribution in [0.25, 0.3) is 5.52 Å². The molecule has 0 bridgehead atoms. The number of pyridine rings is 1. The summed E-state index contributed by atoms with van der Waals surface area (Å²) in [6.45, 7) is 0.420. The molecule has 1 amide bonds. The third kappa shape index (κ3) is 4.25. The van der Waals surface area contributed by atoms with E-state index in [2.05, 4.69) is 10.4 Å². The summed E-state index contributed by atoms with van der Waals surface area (Å²) in [6.07, 6.45) is 6.88. The summed E-state index contributed by atoms with van der Waals surface area (Å²) in [5.41, 5.74) is 1.15. The van der Waals surface area contributed by atoms with E-state index in [4.69, 9.17) is 0 Å². The van der Waals surface area contributed by atoms with Gasteiger partial charge in [-0.3, -0.25) is 4.79 Å². The van der Waals surface area contributed by atoms with Gasteiger partial charge in [-0.15, -0.1) is 0 Å². The van der Waals surface area contributed by atoms with Crippen molar-refractivity contribution in [1.82, 2.24) is 14.9 Å². The molecule has 2 aliphatic rings. The van der Waals surface area contributed by atoms with Crippen molar-refractivity contribution in [3.63, 3.8) is 0 Å². The Bertz CT molecular complexity index is 1210. The maximum Gasteiger partial charge on any atom is 0.255 e. The number of anilines is 1. The number of nitrogens with one attached hydrogen (secondary N) is 1. The Hall–Kier alpha value is -3.04. The molecule has 2 fully saturated rings. The fourth-order valence-corrected chi connectivity index (χ4v) is 5.21. The predicted octanol–water partition coefficient (Wildman–Crippen LogP) is 3.35. The van der Waals surface area contributed by atoms with E-state index >= 15 is 0 Å². The van der Waals surface area contributed by atoms with Gasteiger partial charge in [0.15, 0.2) is 0 Å². The van der Waals surface area contributed by atoms with E-state index in [1.54, 1.807) is 10.7 Å². The van der Waals surface area contributed by atoms with E-state index in [1.807, 2.05) is 17.0 Å². The Morgan fingerprint density at radius 3 is 2.74 bits per heavy atom. The highest BCUT2D eigenvalue weighted by atomic mass is 19.1. The molecule has 1 aliphatic heterocycles. The first-order chi connectivity index (χ1) is 16.4. The lowest BCUT2D eigenvalue weighted by atomic mass is 9.83. The first-order valence-electron chi connectivity index (χ1n) is 11.7. The number of aliphatic hydroxyl groups is 2. The standard InChI is InChI=1S/C25H28F2N4O3/c26-16-3-4-21(27)19(12-16)22-2-1-10-30(22)18-7-11-31-23(13-18)20(14-28-31)24(33)29-17-5-8-25(34,15-32)9-6-17/h3-4,7,11-14,17,22,32,34H,1-2,5-6,8-10,15H2,(H,29,33). The zero-order chi connectivity index (χ0) is 23.9. The smallest absolute Gasteiger partial charge is 0.255 e. The van der Waals surface area contributed by atoms with Crippen molar-refractivity contribution in [3.8, 4) is 0 Å². The van der Waals surface area contributed by atoms with Crippen LogP contribution < -0.4 is 10.2 Å². The molecule has 7 nitrogen and oxygen atoms in total. The van der Waals surface area contributed by atoms with Gasteiger partial charge in [-0.1, -0.05) is 0 Å². The lowest BCUT2D eigenvalue weighted by Crippen LogP contribution is -2.45. The summed E-state index contributed by atoms with van der Waals surface area (Å²) in [4.78, 5) is 15.1. The molecule has 5 rings (SSSR count). The second-order valence-corrected chi connectivity index (χ2v) is 9.42. The van der Waals surface area contributed by atoms with Crippen molar-refractivity contribution >= 4 is 17.1 Å². The molecule has 3 heterocycles. The van der Waals surface area contributed by atoms with Gasteiger partial charge >= 0.3 is 0 Å². The van der Waals surface area contributed by atoms with Crippen LogP contribution >= 0.6 is 0 Å². The van der Waals surface area contributed by atoms with Crippen molar-refractivity contribution in [2.24, 2.45) is 0 Å².